The monoisotopic (exact) mass is 640 g/mol. The van der Waals surface area contributed by atoms with Crippen molar-refractivity contribution in [2.24, 2.45) is 0 Å². The van der Waals surface area contributed by atoms with Gasteiger partial charge in [0, 0.05) is 38.2 Å². The quantitative estimate of drug-likeness (QED) is 0.192. The maximum atomic E-state index is 5.25. The third-order valence-electron chi connectivity index (χ3n) is 9.98. The molecule has 0 radical (unpaired) electrons. The van der Waals surface area contributed by atoms with Crippen molar-refractivity contribution >= 4 is 54.5 Å². The van der Waals surface area contributed by atoms with Crippen LogP contribution in [0.5, 0.6) is 0 Å². The lowest BCUT2D eigenvalue weighted by atomic mass is 10.0. The van der Waals surface area contributed by atoms with Gasteiger partial charge in [-0.2, -0.15) is 0 Å². The minimum absolute atomic E-state index is 0.669. The van der Waals surface area contributed by atoms with Gasteiger partial charge in [0.2, 0.25) is 5.95 Å². The maximum Gasteiger partial charge on any atom is 0.235 e. The van der Waals surface area contributed by atoms with Crippen LogP contribution in [0.1, 0.15) is 11.1 Å². The first kappa shape index (κ1) is 28.5. The summed E-state index contributed by atoms with van der Waals surface area (Å²) >= 11 is 0. The summed E-state index contributed by atoms with van der Waals surface area (Å²) in [6, 6.07) is 56.5. The molecule has 0 unspecified atom stereocenters. The highest BCUT2D eigenvalue weighted by atomic mass is 15.2. The van der Waals surface area contributed by atoms with Gasteiger partial charge in [-0.3, -0.25) is 4.57 Å². The smallest absolute Gasteiger partial charge is 0.235 e. The fourth-order valence-corrected chi connectivity index (χ4v) is 7.86. The van der Waals surface area contributed by atoms with Gasteiger partial charge in [0.25, 0.3) is 0 Å². The molecule has 4 heteroatoms. The van der Waals surface area contributed by atoms with Crippen LogP contribution in [-0.4, -0.2) is 19.1 Å². The number of aromatic nitrogens is 4. The molecule has 4 nitrogen and oxygen atoms in total. The highest BCUT2D eigenvalue weighted by molar-refractivity contribution is 6.12. The first-order valence-electron chi connectivity index (χ1n) is 17.1. The molecular formula is C46H32N4. The fourth-order valence-electron chi connectivity index (χ4n) is 7.86. The average Bonchev–Trinajstić information content (AvgIpc) is 3.66. The molecule has 0 aliphatic heterocycles. The van der Waals surface area contributed by atoms with Gasteiger partial charge in [-0.15, -0.1) is 0 Å². The Kier molecular flexibility index (Phi) is 6.27. The highest BCUT2D eigenvalue weighted by Gasteiger charge is 2.19. The van der Waals surface area contributed by atoms with Crippen LogP contribution in [0, 0.1) is 13.8 Å². The summed E-state index contributed by atoms with van der Waals surface area (Å²) in [5.74, 6) is 0.669. The molecule has 10 rings (SSSR count). The fraction of sp³-hybridized carbons (Fsp3) is 0.0435. The summed E-state index contributed by atoms with van der Waals surface area (Å²) in [6.45, 7) is 4.34. The van der Waals surface area contributed by atoms with Crippen LogP contribution in [-0.2, 0) is 0 Å². The number of para-hydroxylation sites is 3. The number of benzene rings is 7. The Morgan fingerprint density at radius 1 is 0.380 bits per heavy atom. The van der Waals surface area contributed by atoms with Crippen molar-refractivity contribution in [3.05, 3.63) is 169 Å². The molecule has 0 amide bonds. The van der Waals surface area contributed by atoms with Crippen molar-refractivity contribution in [2.45, 2.75) is 13.8 Å². The number of fused-ring (bicyclic) bond motifs is 7. The molecule has 0 N–H and O–H groups in total. The minimum Gasteiger partial charge on any atom is -0.309 e. The molecule has 0 aliphatic rings. The van der Waals surface area contributed by atoms with Gasteiger partial charge in [-0.1, -0.05) is 103 Å². The van der Waals surface area contributed by atoms with Crippen molar-refractivity contribution in [3.8, 4) is 34.0 Å². The predicted molar refractivity (Wildman–Crippen MR) is 209 cm³/mol. The Hall–Kier alpha value is -6.52. The van der Waals surface area contributed by atoms with E-state index in [1.807, 2.05) is 12.1 Å². The van der Waals surface area contributed by atoms with Gasteiger partial charge in [0.1, 0.15) is 0 Å². The number of hydrogen-bond donors (Lipinski definition) is 0. The first-order valence-corrected chi connectivity index (χ1v) is 17.1. The van der Waals surface area contributed by atoms with Gasteiger partial charge in [0.05, 0.1) is 33.3 Å². The maximum absolute atomic E-state index is 5.25. The summed E-state index contributed by atoms with van der Waals surface area (Å²) < 4.78 is 4.62. The third kappa shape index (κ3) is 4.39. The van der Waals surface area contributed by atoms with Gasteiger partial charge in [-0.25, -0.2) is 9.97 Å². The average molecular weight is 641 g/mol. The molecule has 3 heterocycles. The summed E-state index contributed by atoms with van der Waals surface area (Å²) in [4.78, 5) is 10.4. The molecule has 3 aromatic heterocycles. The van der Waals surface area contributed by atoms with Crippen LogP contribution in [0.25, 0.3) is 88.5 Å². The molecule has 236 valence electrons. The minimum atomic E-state index is 0.669. The highest BCUT2D eigenvalue weighted by Crippen LogP contribution is 2.38. The van der Waals surface area contributed by atoms with E-state index in [1.165, 1.54) is 60.5 Å². The van der Waals surface area contributed by atoms with Crippen molar-refractivity contribution in [2.75, 3.05) is 0 Å². The molecule has 0 fully saturated rings. The van der Waals surface area contributed by atoms with E-state index in [2.05, 4.69) is 169 Å². The molecular weight excluding hydrogens is 609 g/mol. The van der Waals surface area contributed by atoms with E-state index in [-0.39, 0.29) is 0 Å². The lowest BCUT2D eigenvalue weighted by Crippen LogP contribution is -2.03. The number of nitrogens with zero attached hydrogens (tertiary/aromatic N) is 4. The van der Waals surface area contributed by atoms with Crippen molar-refractivity contribution < 1.29 is 0 Å². The third-order valence-corrected chi connectivity index (χ3v) is 9.98. The standard InChI is InChI=1S/C46H32N4/c1-29-24-30(2)26-34(25-29)49-41-18-10-7-14-35(41)38-27-32(20-22-43(38)49)33-21-23-44-39(28-33)36-15-8-11-19-42(36)50(44)46-47-40-17-9-6-16-37(40)45(48-46)31-12-4-3-5-13-31/h3-28H,1-2H3. The zero-order valence-electron chi connectivity index (χ0n) is 27.8. The Labute approximate surface area is 289 Å². The Morgan fingerprint density at radius 3 is 1.56 bits per heavy atom. The molecule has 7 aromatic carbocycles. The van der Waals surface area contributed by atoms with Crippen LogP contribution < -0.4 is 0 Å². The van der Waals surface area contributed by atoms with E-state index in [0.717, 1.165) is 33.2 Å². The zero-order valence-corrected chi connectivity index (χ0v) is 27.8. The number of aryl methyl sites for hydroxylation is 2. The number of hydrogen-bond acceptors (Lipinski definition) is 2. The lowest BCUT2D eigenvalue weighted by Gasteiger charge is -2.12. The van der Waals surface area contributed by atoms with E-state index in [1.54, 1.807) is 0 Å². The Balaban J connectivity index is 1.17. The Bertz CT molecular complexity index is 2930. The van der Waals surface area contributed by atoms with E-state index in [9.17, 15) is 0 Å². The summed E-state index contributed by atoms with van der Waals surface area (Å²) in [5.41, 5.74) is 13.6. The molecule has 0 bridgehead atoms. The molecule has 50 heavy (non-hydrogen) atoms. The van der Waals surface area contributed by atoms with Crippen molar-refractivity contribution in [1.82, 2.24) is 19.1 Å². The van der Waals surface area contributed by atoms with E-state index >= 15 is 0 Å². The SMILES string of the molecule is Cc1cc(C)cc(-n2c3ccccc3c3cc(-c4ccc5c(c4)c4ccccc4n5-c4nc(-c5ccccc5)c5ccccc5n4)ccc32)c1. The van der Waals surface area contributed by atoms with Crippen molar-refractivity contribution in [3.63, 3.8) is 0 Å². The first-order chi connectivity index (χ1) is 24.6. The second-order valence-corrected chi connectivity index (χ2v) is 13.3. The van der Waals surface area contributed by atoms with Gasteiger partial charge in [-0.05, 0) is 90.7 Å². The molecule has 0 saturated heterocycles. The van der Waals surface area contributed by atoms with Gasteiger partial charge < -0.3 is 4.57 Å². The van der Waals surface area contributed by atoms with Crippen molar-refractivity contribution in [1.29, 1.82) is 0 Å². The van der Waals surface area contributed by atoms with E-state index < -0.39 is 0 Å². The van der Waals surface area contributed by atoms with Gasteiger partial charge in [0.15, 0.2) is 0 Å². The van der Waals surface area contributed by atoms with Crippen LogP contribution in [0.3, 0.4) is 0 Å². The second-order valence-electron chi connectivity index (χ2n) is 13.3. The summed E-state index contributed by atoms with van der Waals surface area (Å²) in [7, 11) is 0. The largest absolute Gasteiger partial charge is 0.309 e. The van der Waals surface area contributed by atoms with Crippen LogP contribution in [0.15, 0.2) is 158 Å². The van der Waals surface area contributed by atoms with E-state index in [4.69, 9.17) is 9.97 Å². The molecule has 10 aromatic rings. The predicted octanol–water partition coefficient (Wildman–Crippen LogP) is 11.8. The van der Waals surface area contributed by atoms with Crippen LogP contribution in [0.4, 0.5) is 0 Å². The molecule has 0 atom stereocenters. The summed E-state index contributed by atoms with van der Waals surface area (Å²) in [6.07, 6.45) is 0. The lowest BCUT2D eigenvalue weighted by molar-refractivity contribution is 1.01. The van der Waals surface area contributed by atoms with Gasteiger partial charge >= 0.3 is 0 Å². The molecule has 0 saturated carbocycles. The van der Waals surface area contributed by atoms with E-state index in [0.29, 0.717) is 5.95 Å². The number of rotatable bonds is 4. The summed E-state index contributed by atoms with van der Waals surface area (Å²) in [5, 5.41) is 5.89. The van der Waals surface area contributed by atoms with Crippen LogP contribution >= 0.6 is 0 Å². The normalized spacial score (nSPS) is 11.8. The molecule has 0 spiro atoms. The van der Waals surface area contributed by atoms with Crippen LogP contribution in [0.2, 0.25) is 0 Å². The molecule has 0 aliphatic carbocycles. The second kappa shape index (κ2) is 11.0. The zero-order chi connectivity index (χ0) is 33.3. The topological polar surface area (TPSA) is 35.6 Å². The Morgan fingerprint density at radius 2 is 0.900 bits per heavy atom.